The summed E-state index contributed by atoms with van der Waals surface area (Å²) in [7, 11) is -8.97. The molecule has 2 aliphatic heterocycles. The van der Waals surface area contributed by atoms with Crippen LogP contribution in [0.3, 0.4) is 0 Å². The third kappa shape index (κ3) is 7.34. The molecule has 0 bridgehead atoms. The minimum absolute atomic E-state index is 0.173. The zero-order valence-corrected chi connectivity index (χ0v) is 26.2. The number of hydrogen-bond donors (Lipinski definition) is 0. The number of rotatable bonds is 10. The van der Waals surface area contributed by atoms with E-state index >= 15 is 0 Å². The number of anilines is 1. The molecule has 2 fully saturated rings. The number of sulfonamides is 1. The number of carbonyl (C=O) groups excluding carboxylic acids is 1. The summed E-state index contributed by atoms with van der Waals surface area (Å²) in [5.74, 6) is -0.118. The standard InChI is InChI=1S/C28H39N3O6S2Si/c1-38(33,34)29-17-9-8-12-25(29)15-13-23-14-16-26(27(20-23)37-22-24-10-6-5-7-11-24)31-21-28(32)30(39(31,35)36)18-19-40(2,3)4/h5-7,10-11,13-16,20,25H,8-9,12,17-19,21-22H2,1-4H3/b15-13+. The van der Waals surface area contributed by atoms with Crippen LogP contribution >= 0.6 is 0 Å². The summed E-state index contributed by atoms with van der Waals surface area (Å²) in [5.41, 5.74) is 1.95. The maximum absolute atomic E-state index is 13.5. The maximum atomic E-state index is 13.5. The number of carbonyl (C=O) groups is 1. The van der Waals surface area contributed by atoms with E-state index in [9.17, 15) is 21.6 Å². The lowest BCUT2D eigenvalue weighted by molar-refractivity contribution is -0.123. The fraction of sp³-hybridized carbons (Fsp3) is 0.464. The zero-order chi connectivity index (χ0) is 29.1. The van der Waals surface area contributed by atoms with Gasteiger partial charge in [-0.2, -0.15) is 12.7 Å². The smallest absolute Gasteiger partial charge is 0.329 e. The minimum Gasteiger partial charge on any atom is -0.487 e. The number of piperidine rings is 1. The second-order valence-electron chi connectivity index (χ2n) is 11.6. The number of benzene rings is 2. The van der Waals surface area contributed by atoms with Gasteiger partial charge in [-0.25, -0.2) is 17.0 Å². The Bertz CT molecular complexity index is 1460. The summed E-state index contributed by atoms with van der Waals surface area (Å²) in [4.78, 5) is 12.9. The van der Waals surface area contributed by atoms with E-state index in [-0.39, 0.29) is 25.7 Å². The third-order valence-electron chi connectivity index (χ3n) is 7.10. The van der Waals surface area contributed by atoms with Crippen molar-refractivity contribution in [2.24, 2.45) is 0 Å². The second kappa shape index (κ2) is 12.1. The molecule has 4 rings (SSSR count). The molecule has 0 aromatic heterocycles. The first-order valence-electron chi connectivity index (χ1n) is 13.5. The van der Waals surface area contributed by atoms with Crippen LogP contribution in [-0.4, -0.2) is 71.4 Å². The van der Waals surface area contributed by atoms with E-state index in [4.69, 9.17) is 4.74 Å². The van der Waals surface area contributed by atoms with Crippen LogP contribution in [0.25, 0.3) is 6.08 Å². The normalized spacial score (nSPS) is 20.4. The molecule has 40 heavy (non-hydrogen) atoms. The van der Waals surface area contributed by atoms with Crippen molar-refractivity contribution in [1.82, 2.24) is 8.61 Å². The molecule has 2 heterocycles. The van der Waals surface area contributed by atoms with E-state index in [2.05, 4.69) is 19.6 Å². The molecule has 2 aromatic carbocycles. The molecular weight excluding hydrogens is 567 g/mol. The van der Waals surface area contributed by atoms with Crippen LogP contribution in [-0.2, 0) is 31.6 Å². The summed E-state index contributed by atoms with van der Waals surface area (Å²) in [6.45, 7) is 7.02. The molecule has 1 unspecified atom stereocenters. The molecule has 9 nitrogen and oxygen atoms in total. The predicted octanol–water partition coefficient (Wildman–Crippen LogP) is 4.32. The molecule has 0 spiro atoms. The van der Waals surface area contributed by atoms with Crippen molar-refractivity contribution >= 4 is 46.0 Å². The van der Waals surface area contributed by atoms with Crippen molar-refractivity contribution in [3.8, 4) is 5.75 Å². The first-order valence-corrected chi connectivity index (χ1v) is 20.5. The van der Waals surface area contributed by atoms with Crippen molar-refractivity contribution in [1.29, 1.82) is 0 Å². The summed E-state index contributed by atoms with van der Waals surface area (Å²) >= 11 is 0. The Labute approximate surface area is 239 Å². The van der Waals surface area contributed by atoms with Gasteiger partial charge in [-0.15, -0.1) is 0 Å². The van der Waals surface area contributed by atoms with E-state index in [1.165, 1.54) is 10.6 Å². The molecule has 1 atom stereocenters. The number of nitrogens with zero attached hydrogens (tertiary/aromatic N) is 3. The summed E-state index contributed by atoms with van der Waals surface area (Å²) in [5, 5.41) is 0. The van der Waals surface area contributed by atoms with E-state index in [1.807, 2.05) is 42.5 Å². The monoisotopic (exact) mass is 605 g/mol. The second-order valence-corrected chi connectivity index (χ2v) is 20.9. The van der Waals surface area contributed by atoms with Crippen molar-refractivity contribution in [2.75, 3.05) is 30.2 Å². The van der Waals surface area contributed by atoms with Gasteiger partial charge in [-0.1, -0.05) is 74.6 Å². The molecule has 2 aliphatic rings. The Hall–Kier alpha value is -2.67. The summed E-state index contributed by atoms with van der Waals surface area (Å²) in [6.07, 6.45) is 7.47. The fourth-order valence-electron chi connectivity index (χ4n) is 4.87. The first kappa shape index (κ1) is 30.3. The van der Waals surface area contributed by atoms with Crippen LogP contribution in [0.1, 0.15) is 30.4 Å². The summed E-state index contributed by atoms with van der Waals surface area (Å²) < 4.78 is 61.3. The Morgan fingerprint density at radius 2 is 1.80 bits per heavy atom. The van der Waals surface area contributed by atoms with Gasteiger partial charge in [-0.3, -0.25) is 4.79 Å². The van der Waals surface area contributed by atoms with Crippen molar-refractivity contribution in [3.05, 3.63) is 65.7 Å². The lowest BCUT2D eigenvalue weighted by Crippen LogP contribution is -2.41. The highest BCUT2D eigenvalue weighted by molar-refractivity contribution is 7.91. The van der Waals surface area contributed by atoms with Gasteiger partial charge in [0.15, 0.2) is 0 Å². The highest BCUT2D eigenvalue weighted by Crippen LogP contribution is 2.36. The maximum Gasteiger partial charge on any atom is 0.329 e. The lowest BCUT2D eigenvalue weighted by atomic mass is 10.0. The van der Waals surface area contributed by atoms with Crippen LogP contribution < -0.4 is 9.04 Å². The van der Waals surface area contributed by atoms with Gasteiger partial charge in [0.1, 0.15) is 18.9 Å². The Balaban J connectivity index is 1.65. The van der Waals surface area contributed by atoms with Crippen molar-refractivity contribution in [2.45, 2.75) is 57.6 Å². The van der Waals surface area contributed by atoms with Crippen LogP contribution in [0.4, 0.5) is 5.69 Å². The van der Waals surface area contributed by atoms with Gasteiger partial charge >= 0.3 is 10.2 Å². The summed E-state index contributed by atoms with van der Waals surface area (Å²) in [6, 6.07) is 15.1. The molecular formula is C28H39N3O6S2Si. The van der Waals surface area contributed by atoms with Gasteiger partial charge in [-0.05, 0) is 42.1 Å². The topological polar surface area (TPSA) is 104 Å². The van der Waals surface area contributed by atoms with Gasteiger partial charge in [0, 0.05) is 27.2 Å². The molecule has 0 aliphatic carbocycles. The van der Waals surface area contributed by atoms with E-state index in [0.717, 1.165) is 39.0 Å². The average Bonchev–Trinajstić information content (AvgIpc) is 3.12. The van der Waals surface area contributed by atoms with Gasteiger partial charge < -0.3 is 4.74 Å². The molecule has 2 saturated heterocycles. The molecule has 0 saturated carbocycles. The van der Waals surface area contributed by atoms with Gasteiger partial charge in [0.25, 0.3) is 5.91 Å². The average molecular weight is 606 g/mol. The van der Waals surface area contributed by atoms with E-state index < -0.39 is 34.2 Å². The van der Waals surface area contributed by atoms with Crippen LogP contribution in [0, 0.1) is 0 Å². The largest absolute Gasteiger partial charge is 0.487 e. The van der Waals surface area contributed by atoms with Gasteiger partial charge in [0.2, 0.25) is 10.0 Å². The van der Waals surface area contributed by atoms with Crippen LogP contribution in [0.5, 0.6) is 5.75 Å². The highest BCUT2D eigenvalue weighted by atomic mass is 32.2. The molecule has 1 amide bonds. The SMILES string of the molecule is C[Si](C)(C)CCN1C(=O)CN(c2ccc(/C=C/C3CCCCN3S(C)(=O)=O)cc2OCc2ccccc2)S1(=O)=O. The van der Waals surface area contributed by atoms with E-state index in [0.29, 0.717) is 24.0 Å². The molecule has 218 valence electrons. The lowest BCUT2D eigenvalue weighted by Gasteiger charge is -2.31. The van der Waals surface area contributed by atoms with Gasteiger partial charge in [0.05, 0.1) is 11.9 Å². The Morgan fingerprint density at radius 1 is 1.07 bits per heavy atom. The molecule has 12 heteroatoms. The quantitative estimate of drug-likeness (QED) is 0.374. The first-order chi connectivity index (χ1) is 18.8. The number of hydrogen-bond acceptors (Lipinski definition) is 6. The highest BCUT2D eigenvalue weighted by Gasteiger charge is 2.44. The van der Waals surface area contributed by atoms with Crippen molar-refractivity contribution in [3.63, 3.8) is 0 Å². The Kier molecular flexibility index (Phi) is 9.13. The zero-order valence-electron chi connectivity index (χ0n) is 23.6. The fourth-order valence-corrected chi connectivity index (χ4v) is 8.60. The Morgan fingerprint density at radius 3 is 2.48 bits per heavy atom. The predicted molar refractivity (Wildman–Crippen MR) is 162 cm³/mol. The number of amides is 1. The van der Waals surface area contributed by atoms with Crippen LogP contribution in [0.2, 0.25) is 25.7 Å². The van der Waals surface area contributed by atoms with E-state index in [1.54, 1.807) is 18.2 Å². The third-order valence-corrected chi connectivity index (χ3v) is 12.0. The molecule has 0 radical (unpaired) electrons. The minimum atomic E-state index is -4.06. The molecule has 2 aromatic rings. The van der Waals surface area contributed by atoms with Crippen molar-refractivity contribution < 1.29 is 26.4 Å². The van der Waals surface area contributed by atoms with Crippen LogP contribution in [0.15, 0.2) is 54.6 Å². The molecule has 0 N–H and O–H groups in total. The number of ether oxygens (including phenoxy) is 1.